The molecule has 0 spiro atoms. The van der Waals surface area contributed by atoms with E-state index in [4.69, 9.17) is 5.73 Å². The average molecular weight is 255 g/mol. The van der Waals surface area contributed by atoms with Gasteiger partial charge in [-0.15, -0.1) is 0 Å². The second-order valence-corrected chi connectivity index (χ2v) is 5.01. The van der Waals surface area contributed by atoms with Crippen LogP contribution in [0.2, 0.25) is 0 Å². The van der Waals surface area contributed by atoms with Gasteiger partial charge in [-0.3, -0.25) is 0 Å². The zero-order chi connectivity index (χ0) is 13.1. The van der Waals surface area contributed by atoms with Crippen molar-refractivity contribution in [3.05, 3.63) is 24.0 Å². The Morgan fingerprint density at radius 2 is 2.00 bits per heavy atom. The van der Waals surface area contributed by atoms with Crippen LogP contribution >= 0.6 is 0 Å². The smallest absolute Gasteiger partial charge is 0.399 e. The Bertz CT molecular complexity index is 623. The minimum Gasteiger partial charge on any atom is -0.399 e. The van der Waals surface area contributed by atoms with Crippen LogP contribution in [-0.2, 0) is 11.7 Å². The lowest BCUT2D eigenvalue weighted by Crippen LogP contribution is -2.22. The molecular weight excluding hydrogens is 243 g/mol. The number of nitrogens with two attached hydrogens (primary N) is 1. The Labute approximate surface area is 101 Å². The molecule has 2 aromatic rings. The predicted molar refractivity (Wildman–Crippen MR) is 62.0 cm³/mol. The number of rotatable bonds is 1. The summed E-state index contributed by atoms with van der Waals surface area (Å²) in [5.41, 5.74) is 6.34. The molecular formula is C12H12F3N3. The number of hydrogen-bond donors (Lipinski definition) is 1. The van der Waals surface area contributed by atoms with Gasteiger partial charge in [0.25, 0.3) is 0 Å². The molecule has 1 saturated carbocycles. The number of fused-ring (bicyclic) bond motifs is 1. The van der Waals surface area contributed by atoms with Gasteiger partial charge < -0.3 is 10.3 Å². The Morgan fingerprint density at radius 1 is 1.33 bits per heavy atom. The van der Waals surface area contributed by atoms with Crippen molar-refractivity contribution in [3.8, 4) is 0 Å². The zero-order valence-electron chi connectivity index (χ0n) is 9.75. The number of halogens is 3. The Morgan fingerprint density at radius 3 is 2.56 bits per heavy atom. The van der Waals surface area contributed by atoms with E-state index in [0.29, 0.717) is 16.7 Å². The molecule has 1 aliphatic rings. The number of nitrogen functional groups attached to an aromatic ring is 1. The molecule has 18 heavy (non-hydrogen) atoms. The van der Waals surface area contributed by atoms with Crippen LogP contribution < -0.4 is 5.73 Å². The molecule has 0 aliphatic heterocycles. The van der Waals surface area contributed by atoms with Crippen LogP contribution in [0, 0.1) is 0 Å². The fourth-order valence-corrected chi connectivity index (χ4v) is 2.24. The third kappa shape index (κ3) is 1.55. The third-order valence-electron chi connectivity index (χ3n) is 3.45. The van der Waals surface area contributed by atoms with E-state index in [0.717, 1.165) is 12.8 Å². The molecule has 0 saturated heterocycles. The van der Waals surface area contributed by atoms with E-state index in [1.807, 2.05) is 6.92 Å². The molecule has 0 atom stereocenters. The van der Waals surface area contributed by atoms with Crippen LogP contribution in [0.15, 0.2) is 18.2 Å². The standard InChI is InChI=1S/C12H12F3N3/c1-11(4-5-11)18-9-3-2-7(16)6-8(9)17-10(18)12(13,14)15/h2-3,6H,4-5,16H2,1H3. The number of anilines is 1. The van der Waals surface area contributed by atoms with E-state index >= 15 is 0 Å². The van der Waals surface area contributed by atoms with Gasteiger partial charge in [-0.25, -0.2) is 4.98 Å². The lowest BCUT2D eigenvalue weighted by molar-refractivity contribution is -0.147. The van der Waals surface area contributed by atoms with E-state index < -0.39 is 17.5 Å². The highest BCUT2D eigenvalue weighted by Crippen LogP contribution is 2.48. The Kier molecular flexibility index (Phi) is 2.01. The van der Waals surface area contributed by atoms with Crippen molar-refractivity contribution in [2.75, 3.05) is 5.73 Å². The Hall–Kier alpha value is -1.72. The second kappa shape index (κ2) is 3.18. The molecule has 3 rings (SSSR count). The summed E-state index contributed by atoms with van der Waals surface area (Å²) < 4.78 is 40.4. The summed E-state index contributed by atoms with van der Waals surface area (Å²) in [7, 11) is 0. The number of nitrogens with zero attached hydrogens (tertiary/aromatic N) is 2. The van der Waals surface area contributed by atoms with Gasteiger partial charge >= 0.3 is 6.18 Å². The quantitative estimate of drug-likeness (QED) is 0.795. The van der Waals surface area contributed by atoms with E-state index in [9.17, 15) is 13.2 Å². The predicted octanol–water partition coefficient (Wildman–Crippen LogP) is 3.15. The van der Waals surface area contributed by atoms with E-state index in [-0.39, 0.29) is 0 Å². The lowest BCUT2D eigenvalue weighted by atomic mass is 10.2. The highest BCUT2D eigenvalue weighted by Gasteiger charge is 2.47. The minimum absolute atomic E-state index is 0.301. The van der Waals surface area contributed by atoms with Crippen molar-refractivity contribution in [3.63, 3.8) is 0 Å². The van der Waals surface area contributed by atoms with E-state index in [1.54, 1.807) is 12.1 Å². The van der Waals surface area contributed by atoms with Crippen LogP contribution in [0.25, 0.3) is 11.0 Å². The summed E-state index contributed by atoms with van der Waals surface area (Å²) in [6, 6.07) is 4.69. The largest absolute Gasteiger partial charge is 0.449 e. The maximum absolute atomic E-state index is 13.0. The first kappa shape index (κ1) is 11.4. The van der Waals surface area contributed by atoms with Crippen LogP contribution in [0.1, 0.15) is 25.6 Å². The van der Waals surface area contributed by atoms with Crippen molar-refractivity contribution in [2.45, 2.75) is 31.5 Å². The van der Waals surface area contributed by atoms with Crippen molar-refractivity contribution in [1.82, 2.24) is 9.55 Å². The van der Waals surface area contributed by atoms with Crippen LogP contribution in [-0.4, -0.2) is 9.55 Å². The summed E-state index contributed by atoms with van der Waals surface area (Å²) in [4.78, 5) is 3.71. The maximum atomic E-state index is 13.0. The second-order valence-electron chi connectivity index (χ2n) is 5.01. The molecule has 1 heterocycles. The summed E-state index contributed by atoms with van der Waals surface area (Å²) in [5, 5.41) is 0. The van der Waals surface area contributed by atoms with Gasteiger partial charge in [-0.05, 0) is 38.0 Å². The Balaban J connectivity index is 2.34. The topological polar surface area (TPSA) is 43.8 Å². The molecule has 0 amide bonds. The lowest BCUT2D eigenvalue weighted by Gasteiger charge is -2.17. The normalized spacial score (nSPS) is 18.2. The highest BCUT2D eigenvalue weighted by molar-refractivity contribution is 5.80. The first-order valence-corrected chi connectivity index (χ1v) is 5.67. The molecule has 1 aromatic heterocycles. The fourth-order valence-electron chi connectivity index (χ4n) is 2.24. The van der Waals surface area contributed by atoms with Crippen LogP contribution in [0.4, 0.5) is 18.9 Å². The minimum atomic E-state index is -4.45. The van der Waals surface area contributed by atoms with Crippen LogP contribution in [0.3, 0.4) is 0 Å². The number of imidazole rings is 1. The summed E-state index contributed by atoms with van der Waals surface area (Å²) in [5.74, 6) is -0.830. The maximum Gasteiger partial charge on any atom is 0.449 e. The van der Waals surface area contributed by atoms with Gasteiger partial charge in [-0.1, -0.05) is 0 Å². The summed E-state index contributed by atoms with van der Waals surface area (Å²) in [6.45, 7) is 1.82. The molecule has 1 fully saturated rings. The molecule has 1 aliphatic carbocycles. The highest BCUT2D eigenvalue weighted by atomic mass is 19.4. The fraction of sp³-hybridized carbons (Fsp3) is 0.417. The molecule has 96 valence electrons. The number of alkyl halides is 3. The van der Waals surface area contributed by atoms with Gasteiger partial charge in [0.2, 0.25) is 5.82 Å². The number of benzene rings is 1. The summed E-state index contributed by atoms with van der Waals surface area (Å²) in [6.07, 6.45) is -2.96. The number of hydrogen-bond acceptors (Lipinski definition) is 2. The molecule has 1 aromatic carbocycles. The average Bonchev–Trinajstić information content (AvgIpc) is 2.87. The molecule has 0 radical (unpaired) electrons. The van der Waals surface area contributed by atoms with Gasteiger partial charge in [0.05, 0.1) is 11.0 Å². The molecule has 2 N–H and O–H groups in total. The first-order chi connectivity index (χ1) is 8.31. The molecule has 0 bridgehead atoms. The summed E-state index contributed by atoms with van der Waals surface area (Å²) >= 11 is 0. The molecule has 3 nitrogen and oxygen atoms in total. The van der Waals surface area contributed by atoms with Crippen molar-refractivity contribution >= 4 is 16.7 Å². The zero-order valence-corrected chi connectivity index (χ0v) is 9.75. The monoisotopic (exact) mass is 255 g/mol. The number of aromatic nitrogens is 2. The van der Waals surface area contributed by atoms with Gasteiger partial charge in [0, 0.05) is 11.2 Å². The van der Waals surface area contributed by atoms with Gasteiger partial charge in [-0.2, -0.15) is 13.2 Å². The van der Waals surface area contributed by atoms with Gasteiger partial charge in [0.1, 0.15) is 0 Å². The van der Waals surface area contributed by atoms with Crippen molar-refractivity contribution in [1.29, 1.82) is 0 Å². The van der Waals surface area contributed by atoms with Crippen LogP contribution in [0.5, 0.6) is 0 Å². The van der Waals surface area contributed by atoms with Crippen molar-refractivity contribution in [2.24, 2.45) is 0 Å². The first-order valence-electron chi connectivity index (χ1n) is 5.67. The van der Waals surface area contributed by atoms with E-state index in [1.165, 1.54) is 10.6 Å². The molecule has 0 unspecified atom stereocenters. The molecule has 6 heteroatoms. The van der Waals surface area contributed by atoms with E-state index in [2.05, 4.69) is 4.98 Å². The SMILES string of the molecule is CC1(n2c(C(F)(F)F)nc3cc(N)ccc32)CC1. The van der Waals surface area contributed by atoms with Gasteiger partial charge in [0.15, 0.2) is 0 Å². The third-order valence-corrected chi connectivity index (χ3v) is 3.45. The van der Waals surface area contributed by atoms with Crippen molar-refractivity contribution < 1.29 is 13.2 Å².